The highest BCUT2D eigenvalue weighted by molar-refractivity contribution is 7.17. The molecule has 11 heteroatoms. The Balaban J connectivity index is 1.50. The summed E-state index contributed by atoms with van der Waals surface area (Å²) in [6.45, 7) is -1.00. The van der Waals surface area contributed by atoms with Gasteiger partial charge in [-0.25, -0.2) is 4.79 Å². The first-order valence-electron chi connectivity index (χ1n) is 9.21. The average molecular weight is 485 g/mol. The average Bonchev–Trinajstić information content (AvgIpc) is 3.32. The largest absolute Gasteiger partial charge is 0.465 e. The van der Waals surface area contributed by atoms with Crippen LogP contribution in [0.3, 0.4) is 0 Å². The molecule has 0 bridgehead atoms. The number of halogens is 2. The van der Waals surface area contributed by atoms with Gasteiger partial charge in [0.1, 0.15) is 11.5 Å². The lowest BCUT2D eigenvalue weighted by Crippen LogP contribution is -2.32. The summed E-state index contributed by atoms with van der Waals surface area (Å²) in [5.41, 5.74) is 1.48. The van der Waals surface area contributed by atoms with E-state index in [-0.39, 0.29) is 10.6 Å². The highest BCUT2D eigenvalue weighted by atomic mass is 35.5. The number of thiophene rings is 1. The fraction of sp³-hybridized carbons (Fsp3) is 0.300. The Morgan fingerprint density at radius 1 is 1.13 bits per heavy atom. The molecule has 0 aliphatic heterocycles. The minimum atomic E-state index is -0.801. The number of aryl methyl sites for hydroxylation is 1. The second-order valence-corrected chi connectivity index (χ2v) is 8.49. The third-order valence-electron chi connectivity index (χ3n) is 4.50. The van der Waals surface area contributed by atoms with E-state index in [1.165, 1.54) is 36.6 Å². The second kappa shape index (κ2) is 10.1. The molecular formula is C20H18Cl2N2O6S. The van der Waals surface area contributed by atoms with Gasteiger partial charge in [0, 0.05) is 10.4 Å². The van der Waals surface area contributed by atoms with E-state index < -0.39 is 36.9 Å². The number of methoxy groups -OCH3 is 1. The van der Waals surface area contributed by atoms with Gasteiger partial charge in [0.05, 0.1) is 22.7 Å². The molecule has 0 fully saturated rings. The lowest BCUT2D eigenvalue weighted by molar-refractivity contribution is -0.146. The number of benzene rings is 1. The maximum atomic E-state index is 12.2. The molecule has 0 radical (unpaired) electrons. The van der Waals surface area contributed by atoms with Crippen molar-refractivity contribution in [2.45, 2.75) is 19.3 Å². The number of hydrogen-bond donors (Lipinski definition) is 2. The Labute approximate surface area is 191 Å². The monoisotopic (exact) mass is 484 g/mol. The Kier molecular flexibility index (Phi) is 7.53. The molecule has 1 aromatic heterocycles. The fourth-order valence-corrected chi connectivity index (χ4v) is 4.65. The van der Waals surface area contributed by atoms with E-state index in [9.17, 15) is 19.2 Å². The fourth-order valence-electron chi connectivity index (χ4n) is 3.06. The van der Waals surface area contributed by atoms with Crippen LogP contribution in [0.25, 0.3) is 0 Å². The van der Waals surface area contributed by atoms with Crippen LogP contribution in [0.15, 0.2) is 18.2 Å². The Morgan fingerprint density at radius 3 is 2.61 bits per heavy atom. The third kappa shape index (κ3) is 5.55. The number of fused-ring (bicyclic) bond motifs is 1. The molecule has 0 saturated heterocycles. The first kappa shape index (κ1) is 23.1. The highest BCUT2D eigenvalue weighted by Gasteiger charge is 2.28. The summed E-state index contributed by atoms with van der Waals surface area (Å²) >= 11 is 13.0. The Hall–Kier alpha value is -2.62. The van der Waals surface area contributed by atoms with Crippen molar-refractivity contribution in [1.82, 2.24) is 5.32 Å². The van der Waals surface area contributed by atoms with E-state index in [4.69, 9.17) is 32.7 Å². The molecule has 3 rings (SSSR count). The molecule has 0 unspecified atom stereocenters. The summed E-state index contributed by atoms with van der Waals surface area (Å²) in [5.74, 6) is -2.47. The molecule has 8 nitrogen and oxygen atoms in total. The van der Waals surface area contributed by atoms with E-state index in [2.05, 4.69) is 10.6 Å². The summed E-state index contributed by atoms with van der Waals surface area (Å²) in [6.07, 6.45) is 2.54. The standard InChI is InChI=1S/C20H18Cl2N2O6S/c1-29-20(28)17-11-3-2-4-14(11)31-19(17)24-15(25)9-30-16(26)8-23-18(27)10-5-6-12(21)13(22)7-10/h5-7H,2-4,8-9H2,1H3,(H,23,27)(H,24,25). The van der Waals surface area contributed by atoms with Crippen LogP contribution in [0, 0.1) is 0 Å². The first-order chi connectivity index (χ1) is 14.8. The number of amides is 2. The molecule has 1 aliphatic rings. The van der Waals surface area contributed by atoms with Crippen molar-refractivity contribution >= 4 is 63.3 Å². The molecule has 2 aromatic rings. The van der Waals surface area contributed by atoms with Gasteiger partial charge in [0.2, 0.25) is 0 Å². The van der Waals surface area contributed by atoms with Crippen LogP contribution in [0.5, 0.6) is 0 Å². The summed E-state index contributed by atoms with van der Waals surface area (Å²) < 4.78 is 9.71. The van der Waals surface area contributed by atoms with Gasteiger partial charge in [0.25, 0.3) is 11.8 Å². The minimum absolute atomic E-state index is 0.208. The lowest BCUT2D eigenvalue weighted by Gasteiger charge is -2.09. The molecule has 0 saturated carbocycles. The number of anilines is 1. The molecule has 2 amide bonds. The summed E-state index contributed by atoms with van der Waals surface area (Å²) in [6, 6.07) is 4.29. The van der Waals surface area contributed by atoms with Crippen molar-refractivity contribution in [2.75, 3.05) is 25.6 Å². The number of rotatable bonds is 7. The number of esters is 2. The first-order valence-corrected chi connectivity index (χ1v) is 10.8. The number of carbonyl (C=O) groups is 4. The van der Waals surface area contributed by atoms with Crippen molar-refractivity contribution in [2.24, 2.45) is 0 Å². The Bertz CT molecular complexity index is 1050. The summed E-state index contributed by atoms with van der Waals surface area (Å²) in [7, 11) is 1.28. The summed E-state index contributed by atoms with van der Waals surface area (Å²) in [4.78, 5) is 49.2. The smallest absolute Gasteiger partial charge is 0.341 e. The van der Waals surface area contributed by atoms with E-state index in [0.717, 1.165) is 29.7 Å². The third-order valence-corrected chi connectivity index (χ3v) is 6.45. The van der Waals surface area contributed by atoms with Crippen LogP contribution in [0.2, 0.25) is 10.0 Å². The molecule has 1 heterocycles. The van der Waals surface area contributed by atoms with Crippen LogP contribution >= 0.6 is 34.5 Å². The van der Waals surface area contributed by atoms with E-state index in [0.29, 0.717) is 15.6 Å². The van der Waals surface area contributed by atoms with Crippen LogP contribution < -0.4 is 10.6 Å². The SMILES string of the molecule is COC(=O)c1c(NC(=O)COC(=O)CNC(=O)c2ccc(Cl)c(Cl)c2)sc2c1CCC2. The molecule has 0 atom stereocenters. The molecule has 2 N–H and O–H groups in total. The molecule has 1 aliphatic carbocycles. The van der Waals surface area contributed by atoms with E-state index in [1.807, 2.05) is 0 Å². The molecule has 164 valence electrons. The van der Waals surface area contributed by atoms with Crippen LogP contribution in [0.4, 0.5) is 5.00 Å². The van der Waals surface area contributed by atoms with Gasteiger partial charge in [-0.15, -0.1) is 11.3 Å². The van der Waals surface area contributed by atoms with Crippen molar-refractivity contribution < 1.29 is 28.7 Å². The van der Waals surface area contributed by atoms with Gasteiger partial charge in [-0.1, -0.05) is 23.2 Å². The van der Waals surface area contributed by atoms with Crippen LogP contribution in [-0.4, -0.2) is 44.0 Å². The minimum Gasteiger partial charge on any atom is -0.465 e. The van der Waals surface area contributed by atoms with Crippen molar-refractivity contribution in [3.63, 3.8) is 0 Å². The van der Waals surface area contributed by atoms with Crippen molar-refractivity contribution in [3.8, 4) is 0 Å². The second-order valence-electron chi connectivity index (χ2n) is 6.57. The van der Waals surface area contributed by atoms with Gasteiger partial charge >= 0.3 is 11.9 Å². The van der Waals surface area contributed by atoms with Gasteiger partial charge in [-0.3, -0.25) is 14.4 Å². The zero-order valence-corrected chi connectivity index (χ0v) is 18.7. The van der Waals surface area contributed by atoms with Gasteiger partial charge in [-0.05, 0) is 43.0 Å². The van der Waals surface area contributed by atoms with Crippen LogP contribution in [0.1, 0.15) is 37.6 Å². The zero-order valence-electron chi connectivity index (χ0n) is 16.4. The van der Waals surface area contributed by atoms with E-state index >= 15 is 0 Å². The van der Waals surface area contributed by atoms with Crippen molar-refractivity contribution in [3.05, 3.63) is 49.8 Å². The maximum Gasteiger partial charge on any atom is 0.341 e. The number of carbonyl (C=O) groups excluding carboxylic acids is 4. The number of nitrogens with one attached hydrogen (secondary N) is 2. The highest BCUT2D eigenvalue weighted by Crippen LogP contribution is 2.39. The molecule has 31 heavy (non-hydrogen) atoms. The lowest BCUT2D eigenvalue weighted by atomic mass is 10.1. The predicted molar refractivity (Wildman–Crippen MR) is 116 cm³/mol. The zero-order chi connectivity index (χ0) is 22.5. The number of ether oxygens (including phenoxy) is 2. The quantitative estimate of drug-likeness (QED) is 0.583. The molecule has 1 aromatic carbocycles. The normalized spacial score (nSPS) is 12.1. The van der Waals surface area contributed by atoms with Gasteiger partial charge < -0.3 is 20.1 Å². The molecule has 0 spiro atoms. The maximum absolute atomic E-state index is 12.2. The predicted octanol–water partition coefficient (Wildman–Crippen LogP) is 3.24. The molecular weight excluding hydrogens is 467 g/mol. The van der Waals surface area contributed by atoms with Gasteiger partial charge in [0.15, 0.2) is 6.61 Å². The van der Waals surface area contributed by atoms with Gasteiger partial charge in [-0.2, -0.15) is 0 Å². The Morgan fingerprint density at radius 2 is 1.90 bits per heavy atom. The summed E-state index contributed by atoms with van der Waals surface area (Å²) in [5, 5.41) is 5.86. The van der Waals surface area contributed by atoms with Crippen molar-refractivity contribution in [1.29, 1.82) is 0 Å². The topological polar surface area (TPSA) is 111 Å². The van der Waals surface area contributed by atoms with E-state index in [1.54, 1.807) is 0 Å². The number of hydrogen-bond acceptors (Lipinski definition) is 7. The van der Waals surface area contributed by atoms with Crippen LogP contribution in [-0.2, 0) is 31.9 Å².